The predicted molar refractivity (Wildman–Crippen MR) is 73.9 cm³/mol. The van der Waals surface area contributed by atoms with Gasteiger partial charge in [0.1, 0.15) is 5.82 Å². The van der Waals surface area contributed by atoms with Crippen molar-refractivity contribution >= 4 is 0 Å². The monoisotopic (exact) mass is 249 g/mol. The molecular formula is C16H24FN. The van der Waals surface area contributed by atoms with E-state index in [-0.39, 0.29) is 11.4 Å². The van der Waals surface area contributed by atoms with Crippen LogP contribution in [0.25, 0.3) is 0 Å². The first kappa shape index (κ1) is 13.5. The Hall–Kier alpha value is -0.890. The number of hydrogen-bond acceptors (Lipinski definition) is 1. The SMILES string of the molecule is CC1(C)CCCC(N)(Cc2ccc(F)cc2)CC1. The van der Waals surface area contributed by atoms with E-state index >= 15 is 0 Å². The average molecular weight is 249 g/mol. The van der Waals surface area contributed by atoms with Crippen molar-refractivity contribution in [1.29, 1.82) is 0 Å². The van der Waals surface area contributed by atoms with E-state index in [2.05, 4.69) is 13.8 Å². The lowest BCUT2D eigenvalue weighted by molar-refractivity contribution is 0.297. The van der Waals surface area contributed by atoms with Crippen LogP contribution in [0, 0.1) is 11.2 Å². The quantitative estimate of drug-likeness (QED) is 0.786. The van der Waals surface area contributed by atoms with Crippen LogP contribution in [0.15, 0.2) is 24.3 Å². The lowest BCUT2D eigenvalue weighted by Gasteiger charge is -2.29. The smallest absolute Gasteiger partial charge is 0.123 e. The molecule has 1 aromatic carbocycles. The first-order valence-electron chi connectivity index (χ1n) is 6.92. The van der Waals surface area contributed by atoms with Crippen LogP contribution in [0.3, 0.4) is 0 Å². The van der Waals surface area contributed by atoms with Crippen LogP contribution in [0.1, 0.15) is 51.5 Å². The second-order valence-corrected chi connectivity index (χ2v) is 6.68. The summed E-state index contributed by atoms with van der Waals surface area (Å²) < 4.78 is 12.9. The van der Waals surface area contributed by atoms with E-state index in [1.165, 1.54) is 31.4 Å². The molecule has 0 amide bonds. The molecule has 1 unspecified atom stereocenters. The number of halogens is 1. The highest BCUT2D eigenvalue weighted by Gasteiger charge is 2.32. The molecule has 1 nitrogen and oxygen atoms in total. The van der Waals surface area contributed by atoms with Crippen molar-refractivity contribution in [1.82, 2.24) is 0 Å². The molecule has 1 aliphatic rings. The Morgan fingerprint density at radius 2 is 1.72 bits per heavy atom. The maximum atomic E-state index is 12.9. The third-order valence-electron chi connectivity index (χ3n) is 4.30. The van der Waals surface area contributed by atoms with Gasteiger partial charge in [0.05, 0.1) is 0 Å². The highest BCUT2D eigenvalue weighted by Crippen LogP contribution is 2.38. The largest absolute Gasteiger partial charge is 0.325 e. The van der Waals surface area contributed by atoms with Crippen LogP contribution in [0.4, 0.5) is 4.39 Å². The summed E-state index contributed by atoms with van der Waals surface area (Å²) in [7, 11) is 0. The fraction of sp³-hybridized carbons (Fsp3) is 0.625. The number of hydrogen-bond donors (Lipinski definition) is 1. The van der Waals surface area contributed by atoms with E-state index in [1.807, 2.05) is 12.1 Å². The molecule has 100 valence electrons. The lowest BCUT2D eigenvalue weighted by atomic mass is 9.82. The Labute approximate surface area is 110 Å². The average Bonchev–Trinajstić information content (AvgIpc) is 2.42. The normalized spacial score (nSPS) is 27.8. The Bertz CT molecular complexity index is 396. The summed E-state index contributed by atoms with van der Waals surface area (Å²) in [6.45, 7) is 4.66. The molecule has 0 spiro atoms. The molecule has 0 aromatic heterocycles. The first-order valence-corrected chi connectivity index (χ1v) is 6.92. The maximum absolute atomic E-state index is 12.9. The molecule has 1 aliphatic carbocycles. The number of rotatable bonds is 2. The van der Waals surface area contributed by atoms with Gasteiger partial charge in [-0.1, -0.05) is 32.4 Å². The molecule has 0 aliphatic heterocycles. The van der Waals surface area contributed by atoms with Crippen molar-refractivity contribution in [3.63, 3.8) is 0 Å². The summed E-state index contributed by atoms with van der Waals surface area (Å²) in [5.74, 6) is -0.174. The molecule has 2 rings (SSSR count). The zero-order valence-corrected chi connectivity index (χ0v) is 11.5. The summed E-state index contributed by atoms with van der Waals surface area (Å²) in [5, 5.41) is 0. The van der Waals surface area contributed by atoms with Gasteiger partial charge < -0.3 is 5.73 Å². The topological polar surface area (TPSA) is 26.0 Å². The Kier molecular flexibility index (Phi) is 3.76. The molecule has 0 bridgehead atoms. The molecule has 2 N–H and O–H groups in total. The maximum Gasteiger partial charge on any atom is 0.123 e. The fourth-order valence-corrected chi connectivity index (χ4v) is 2.94. The van der Waals surface area contributed by atoms with Crippen molar-refractivity contribution in [3.05, 3.63) is 35.6 Å². The molecular weight excluding hydrogens is 225 g/mol. The van der Waals surface area contributed by atoms with Crippen molar-refractivity contribution < 1.29 is 4.39 Å². The van der Waals surface area contributed by atoms with Crippen LogP contribution in [0.2, 0.25) is 0 Å². The summed E-state index contributed by atoms with van der Waals surface area (Å²) in [5.41, 5.74) is 8.02. The van der Waals surface area contributed by atoms with Crippen LogP contribution in [-0.4, -0.2) is 5.54 Å². The second kappa shape index (κ2) is 5.00. The van der Waals surface area contributed by atoms with Gasteiger partial charge in [-0.05, 0) is 55.2 Å². The number of nitrogens with two attached hydrogens (primary N) is 1. The molecule has 1 fully saturated rings. The van der Waals surface area contributed by atoms with Crippen LogP contribution < -0.4 is 5.73 Å². The van der Waals surface area contributed by atoms with Crippen LogP contribution >= 0.6 is 0 Å². The molecule has 18 heavy (non-hydrogen) atoms. The fourth-order valence-electron chi connectivity index (χ4n) is 2.94. The van der Waals surface area contributed by atoms with Crippen molar-refractivity contribution in [2.24, 2.45) is 11.1 Å². The van der Waals surface area contributed by atoms with Gasteiger partial charge >= 0.3 is 0 Å². The van der Waals surface area contributed by atoms with Gasteiger partial charge in [0.15, 0.2) is 0 Å². The summed E-state index contributed by atoms with van der Waals surface area (Å²) in [4.78, 5) is 0. The Morgan fingerprint density at radius 1 is 1.06 bits per heavy atom. The summed E-state index contributed by atoms with van der Waals surface area (Å²) >= 11 is 0. The van der Waals surface area contributed by atoms with Gasteiger partial charge in [0.25, 0.3) is 0 Å². The van der Waals surface area contributed by atoms with E-state index < -0.39 is 0 Å². The minimum Gasteiger partial charge on any atom is -0.325 e. The Balaban J connectivity index is 2.05. The molecule has 0 radical (unpaired) electrons. The van der Waals surface area contributed by atoms with Gasteiger partial charge in [0.2, 0.25) is 0 Å². The molecule has 1 atom stereocenters. The van der Waals surface area contributed by atoms with E-state index in [0.29, 0.717) is 5.41 Å². The third kappa shape index (κ3) is 3.55. The van der Waals surface area contributed by atoms with E-state index in [9.17, 15) is 4.39 Å². The minimum atomic E-state index is -0.174. The third-order valence-corrected chi connectivity index (χ3v) is 4.30. The van der Waals surface area contributed by atoms with Gasteiger partial charge in [-0.15, -0.1) is 0 Å². The predicted octanol–water partition coefficient (Wildman–Crippen LogP) is 4.06. The highest BCUT2D eigenvalue weighted by atomic mass is 19.1. The summed E-state index contributed by atoms with van der Waals surface area (Å²) in [6.07, 6.45) is 6.65. The number of benzene rings is 1. The van der Waals surface area contributed by atoms with Crippen LogP contribution in [-0.2, 0) is 6.42 Å². The van der Waals surface area contributed by atoms with Crippen molar-refractivity contribution in [2.45, 2.75) is 57.9 Å². The first-order chi connectivity index (χ1) is 8.39. The van der Waals surface area contributed by atoms with Crippen LogP contribution in [0.5, 0.6) is 0 Å². The standard InChI is InChI=1S/C16H24FN/c1-15(2)8-3-9-16(18,11-10-15)12-13-4-6-14(17)7-5-13/h4-7H,3,8-12,18H2,1-2H3. The minimum absolute atomic E-state index is 0.106. The molecule has 2 heteroatoms. The van der Waals surface area contributed by atoms with Gasteiger partial charge in [-0.25, -0.2) is 4.39 Å². The molecule has 0 heterocycles. The zero-order chi connectivity index (χ0) is 13.2. The molecule has 1 saturated carbocycles. The zero-order valence-electron chi connectivity index (χ0n) is 11.5. The van der Waals surface area contributed by atoms with E-state index in [4.69, 9.17) is 5.73 Å². The van der Waals surface area contributed by atoms with E-state index in [1.54, 1.807) is 0 Å². The Morgan fingerprint density at radius 3 is 2.39 bits per heavy atom. The highest BCUT2D eigenvalue weighted by molar-refractivity contribution is 5.19. The second-order valence-electron chi connectivity index (χ2n) is 6.68. The van der Waals surface area contributed by atoms with Crippen molar-refractivity contribution in [3.8, 4) is 0 Å². The van der Waals surface area contributed by atoms with E-state index in [0.717, 1.165) is 24.8 Å². The van der Waals surface area contributed by atoms with Crippen molar-refractivity contribution in [2.75, 3.05) is 0 Å². The molecule has 0 saturated heterocycles. The molecule has 1 aromatic rings. The lowest BCUT2D eigenvalue weighted by Crippen LogP contribution is -2.41. The van der Waals surface area contributed by atoms with Gasteiger partial charge in [0, 0.05) is 5.54 Å². The summed E-state index contributed by atoms with van der Waals surface area (Å²) in [6, 6.07) is 6.78. The van der Waals surface area contributed by atoms with Gasteiger partial charge in [-0.2, -0.15) is 0 Å². The van der Waals surface area contributed by atoms with Gasteiger partial charge in [-0.3, -0.25) is 0 Å².